The maximum atomic E-state index is 13.1. The van der Waals surface area contributed by atoms with Gasteiger partial charge in [-0.15, -0.1) is 0 Å². The summed E-state index contributed by atoms with van der Waals surface area (Å²) in [7, 11) is 4.09. The fourth-order valence-corrected chi connectivity index (χ4v) is 4.13. The van der Waals surface area contributed by atoms with Gasteiger partial charge >= 0.3 is 0 Å². The van der Waals surface area contributed by atoms with Gasteiger partial charge in [-0.25, -0.2) is 9.97 Å². The van der Waals surface area contributed by atoms with Gasteiger partial charge in [-0.2, -0.15) is 5.26 Å². The molecule has 0 radical (unpaired) electrons. The van der Waals surface area contributed by atoms with Crippen molar-refractivity contribution in [2.24, 2.45) is 5.92 Å². The van der Waals surface area contributed by atoms with Crippen molar-refractivity contribution in [1.82, 2.24) is 14.9 Å². The van der Waals surface area contributed by atoms with Crippen LogP contribution in [0, 0.1) is 17.2 Å². The Bertz CT molecular complexity index is 1220. The Morgan fingerprint density at radius 2 is 1.91 bits per heavy atom. The molecule has 9 nitrogen and oxygen atoms in total. The molecule has 1 aliphatic rings. The largest absolute Gasteiger partial charge is 0.447 e. The number of hydrogen-bond donors (Lipinski definition) is 2. The van der Waals surface area contributed by atoms with Gasteiger partial charge in [-0.05, 0) is 64.0 Å². The van der Waals surface area contributed by atoms with Gasteiger partial charge in [0.25, 0.3) is 5.91 Å². The molecule has 1 aliphatic carbocycles. The van der Waals surface area contributed by atoms with Gasteiger partial charge in [0.1, 0.15) is 28.8 Å². The topological polar surface area (TPSA) is 124 Å². The first-order valence-electron chi connectivity index (χ1n) is 10.6. The Kier molecular flexibility index (Phi) is 6.58. The number of nitrogens with zero attached hydrogens (tertiary/aromatic N) is 4. The maximum Gasteiger partial charge on any atom is 0.294 e. The van der Waals surface area contributed by atoms with Crippen LogP contribution in [0.15, 0.2) is 34.9 Å². The van der Waals surface area contributed by atoms with Crippen molar-refractivity contribution in [3.05, 3.63) is 46.9 Å². The molecule has 0 saturated heterocycles. The second kappa shape index (κ2) is 9.57. The minimum atomic E-state index is -0.604. The monoisotopic (exact) mass is 466 g/mol. The SMILES string of the molecule is CN(C)[C@H]1CC[C@H](C(=O)Nc2c(C(=O)Nc3ccc(Cl)cn3)oc3ccc(C#N)nc23)CC1. The standard InChI is InChI=1S/C23H23ClN6O3/c1-30(2)16-7-3-13(4-8-16)22(31)29-20-19-17(9-6-15(11-25)27-19)33-21(20)23(32)28-18-10-5-14(24)12-26-18/h5-6,9-10,12-13,16H,3-4,7-8H2,1-2H3,(H,29,31)(H,26,28,32)/t13-,16-. The molecular formula is C23H23ClN6O3. The predicted octanol–water partition coefficient (Wildman–Crippen LogP) is 4.06. The summed E-state index contributed by atoms with van der Waals surface area (Å²) < 4.78 is 5.73. The van der Waals surface area contributed by atoms with E-state index in [1.54, 1.807) is 18.2 Å². The molecule has 3 aromatic rings. The number of aromatic nitrogens is 2. The summed E-state index contributed by atoms with van der Waals surface area (Å²) in [4.78, 5) is 36.6. The van der Waals surface area contributed by atoms with Gasteiger partial charge in [0.05, 0.1) is 5.02 Å². The van der Waals surface area contributed by atoms with Crippen molar-refractivity contribution in [1.29, 1.82) is 5.26 Å². The zero-order chi connectivity index (χ0) is 23.5. The number of halogens is 1. The molecular weight excluding hydrogens is 444 g/mol. The van der Waals surface area contributed by atoms with Crippen molar-refractivity contribution >= 4 is 46.0 Å². The lowest BCUT2D eigenvalue weighted by Crippen LogP contribution is -2.35. The lowest BCUT2D eigenvalue weighted by Gasteiger charge is -2.31. The van der Waals surface area contributed by atoms with E-state index in [0.717, 1.165) is 25.7 Å². The second-order valence-electron chi connectivity index (χ2n) is 8.24. The molecule has 1 saturated carbocycles. The molecule has 0 aliphatic heterocycles. The maximum absolute atomic E-state index is 13.1. The number of furan rings is 1. The number of anilines is 2. The fraction of sp³-hybridized carbons (Fsp3) is 0.348. The third-order valence-electron chi connectivity index (χ3n) is 5.87. The Balaban J connectivity index is 1.62. The lowest BCUT2D eigenvalue weighted by atomic mass is 9.85. The number of nitriles is 1. The average molecular weight is 467 g/mol. The normalized spacial score (nSPS) is 18.2. The van der Waals surface area contributed by atoms with E-state index in [-0.39, 0.29) is 45.9 Å². The average Bonchev–Trinajstić information content (AvgIpc) is 3.18. The predicted molar refractivity (Wildman–Crippen MR) is 124 cm³/mol. The van der Waals surface area contributed by atoms with Gasteiger partial charge in [0.2, 0.25) is 11.7 Å². The van der Waals surface area contributed by atoms with E-state index in [9.17, 15) is 14.9 Å². The molecule has 170 valence electrons. The fourth-order valence-electron chi connectivity index (χ4n) is 4.02. The molecule has 0 aromatic carbocycles. The summed E-state index contributed by atoms with van der Waals surface area (Å²) >= 11 is 5.85. The molecule has 4 rings (SSSR count). The minimum absolute atomic E-state index is 0.111. The molecule has 3 aromatic heterocycles. The van der Waals surface area contributed by atoms with Crippen molar-refractivity contribution in [2.75, 3.05) is 24.7 Å². The summed E-state index contributed by atoms with van der Waals surface area (Å²) in [5, 5.41) is 15.2. The summed E-state index contributed by atoms with van der Waals surface area (Å²) in [6.45, 7) is 0. The Morgan fingerprint density at radius 1 is 1.15 bits per heavy atom. The van der Waals surface area contributed by atoms with Crippen LogP contribution in [0.4, 0.5) is 11.5 Å². The second-order valence-corrected chi connectivity index (χ2v) is 8.67. The van der Waals surface area contributed by atoms with Crippen LogP contribution in [0.25, 0.3) is 11.1 Å². The molecule has 10 heteroatoms. The van der Waals surface area contributed by atoms with Gasteiger partial charge in [-0.1, -0.05) is 11.6 Å². The van der Waals surface area contributed by atoms with Crippen molar-refractivity contribution in [3.8, 4) is 6.07 Å². The Labute approximate surface area is 195 Å². The van der Waals surface area contributed by atoms with Crippen LogP contribution in [-0.4, -0.2) is 46.8 Å². The first-order valence-corrected chi connectivity index (χ1v) is 11.0. The molecule has 0 bridgehead atoms. The smallest absolute Gasteiger partial charge is 0.294 e. The first kappa shape index (κ1) is 22.7. The van der Waals surface area contributed by atoms with Gasteiger partial charge in [0.15, 0.2) is 5.58 Å². The van der Waals surface area contributed by atoms with Gasteiger partial charge in [0, 0.05) is 18.2 Å². The van der Waals surface area contributed by atoms with Crippen LogP contribution >= 0.6 is 11.6 Å². The number of carbonyl (C=O) groups excluding carboxylic acids is 2. The molecule has 3 heterocycles. The summed E-state index contributed by atoms with van der Waals surface area (Å²) in [5.41, 5.74) is 0.832. The molecule has 0 unspecified atom stereocenters. The highest BCUT2D eigenvalue weighted by Gasteiger charge is 2.30. The zero-order valence-corrected chi connectivity index (χ0v) is 19.0. The summed E-state index contributed by atoms with van der Waals surface area (Å²) in [6, 6.07) is 8.61. The van der Waals surface area contributed by atoms with E-state index in [2.05, 4.69) is 25.5 Å². The molecule has 0 spiro atoms. The molecule has 2 amide bonds. The molecule has 0 atom stereocenters. The van der Waals surface area contributed by atoms with Crippen LogP contribution in [0.2, 0.25) is 5.02 Å². The van der Waals surface area contributed by atoms with E-state index in [1.807, 2.05) is 20.2 Å². The van der Waals surface area contributed by atoms with E-state index < -0.39 is 5.91 Å². The quantitative estimate of drug-likeness (QED) is 0.580. The number of pyridine rings is 2. The highest BCUT2D eigenvalue weighted by molar-refractivity contribution is 6.30. The van der Waals surface area contributed by atoms with Crippen molar-refractivity contribution < 1.29 is 14.0 Å². The molecule has 1 fully saturated rings. The molecule has 33 heavy (non-hydrogen) atoms. The number of carbonyl (C=O) groups is 2. The van der Waals surface area contributed by atoms with E-state index in [1.165, 1.54) is 12.3 Å². The Hall–Kier alpha value is -3.48. The van der Waals surface area contributed by atoms with E-state index in [4.69, 9.17) is 16.0 Å². The number of nitrogens with one attached hydrogen (secondary N) is 2. The number of hydrogen-bond acceptors (Lipinski definition) is 7. The highest BCUT2D eigenvalue weighted by atomic mass is 35.5. The number of fused-ring (bicyclic) bond motifs is 1. The van der Waals surface area contributed by atoms with Gasteiger partial charge < -0.3 is 20.0 Å². The van der Waals surface area contributed by atoms with Crippen LogP contribution in [-0.2, 0) is 4.79 Å². The lowest BCUT2D eigenvalue weighted by molar-refractivity contribution is -0.121. The third-order valence-corrected chi connectivity index (χ3v) is 6.09. The zero-order valence-electron chi connectivity index (χ0n) is 18.3. The van der Waals surface area contributed by atoms with Crippen LogP contribution in [0.1, 0.15) is 41.9 Å². The Morgan fingerprint density at radius 3 is 2.55 bits per heavy atom. The van der Waals surface area contributed by atoms with E-state index >= 15 is 0 Å². The summed E-state index contributed by atoms with van der Waals surface area (Å²) in [6.07, 6.45) is 4.74. The third kappa shape index (κ3) is 4.97. The van der Waals surface area contributed by atoms with E-state index in [0.29, 0.717) is 11.1 Å². The van der Waals surface area contributed by atoms with Crippen molar-refractivity contribution in [3.63, 3.8) is 0 Å². The van der Waals surface area contributed by atoms with Gasteiger partial charge in [-0.3, -0.25) is 9.59 Å². The van der Waals surface area contributed by atoms with Crippen LogP contribution < -0.4 is 10.6 Å². The first-order chi connectivity index (χ1) is 15.9. The number of rotatable bonds is 5. The highest BCUT2D eigenvalue weighted by Crippen LogP contribution is 2.33. The summed E-state index contributed by atoms with van der Waals surface area (Å²) in [5.74, 6) is -0.820. The molecule has 2 N–H and O–H groups in total. The van der Waals surface area contributed by atoms with Crippen molar-refractivity contribution in [2.45, 2.75) is 31.7 Å². The van der Waals surface area contributed by atoms with Crippen LogP contribution in [0.5, 0.6) is 0 Å². The van der Waals surface area contributed by atoms with Crippen LogP contribution in [0.3, 0.4) is 0 Å². The number of amides is 2. The minimum Gasteiger partial charge on any atom is -0.447 e.